The molecule has 0 heterocycles. The predicted octanol–water partition coefficient (Wildman–Crippen LogP) is 4.75. The summed E-state index contributed by atoms with van der Waals surface area (Å²) in [4.78, 5) is 12.3. The van der Waals surface area contributed by atoms with Crippen molar-refractivity contribution >= 4 is 44.4 Å². The van der Waals surface area contributed by atoms with Crippen molar-refractivity contribution in [2.75, 3.05) is 0 Å². The van der Waals surface area contributed by atoms with Crippen LogP contribution in [0, 0.1) is 9.49 Å². The Morgan fingerprint density at radius 2 is 2.26 bits per heavy atom. The van der Waals surface area contributed by atoms with Crippen LogP contribution in [0.5, 0.6) is 0 Å². The smallest absolute Gasteiger partial charge is 0.252 e. The molecular weight excluding hydrogens is 417 g/mol. The molecule has 1 N–H and O–H groups in total. The molecule has 1 aromatic carbocycles. The highest BCUT2D eigenvalue weighted by atomic mass is 127. The van der Waals surface area contributed by atoms with Gasteiger partial charge in [0.1, 0.15) is 0 Å². The average Bonchev–Trinajstić information content (AvgIpc) is 2.41. The van der Waals surface area contributed by atoms with Gasteiger partial charge in [-0.3, -0.25) is 4.79 Å². The van der Waals surface area contributed by atoms with Crippen LogP contribution in [-0.2, 0) is 0 Å². The number of carbonyl (C=O) groups excluding carboxylic acids is 1. The van der Waals surface area contributed by atoms with E-state index in [2.05, 4.69) is 50.8 Å². The summed E-state index contributed by atoms with van der Waals surface area (Å²) in [6.07, 6.45) is 6.01. The number of rotatable bonds is 3. The number of benzene rings is 1. The van der Waals surface area contributed by atoms with Gasteiger partial charge in [0.2, 0.25) is 0 Å². The number of halogens is 2. The Morgan fingerprint density at radius 1 is 1.47 bits per heavy atom. The third-order valence-electron chi connectivity index (χ3n) is 3.87. The third-order valence-corrected chi connectivity index (χ3v) is 5.23. The first-order valence-electron chi connectivity index (χ1n) is 6.86. The van der Waals surface area contributed by atoms with Crippen LogP contribution in [0.1, 0.15) is 49.4 Å². The van der Waals surface area contributed by atoms with Crippen molar-refractivity contribution in [2.45, 2.75) is 45.1 Å². The van der Waals surface area contributed by atoms with Gasteiger partial charge in [0.15, 0.2) is 0 Å². The van der Waals surface area contributed by atoms with E-state index in [1.54, 1.807) is 0 Å². The first kappa shape index (κ1) is 15.3. The lowest BCUT2D eigenvalue weighted by molar-refractivity contribution is 0.0918. The average molecular weight is 436 g/mol. The molecule has 2 atom stereocenters. The second-order valence-electron chi connectivity index (χ2n) is 5.24. The van der Waals surface area contributed by atoms with Crippen LogP contribution >= 0.6 is 38.5 Å². The second kappa shape index (κ2) is 7.07. The highest BCUT2D eigenvalue weighted by Crippen LogP contribution is 2.27. The van der Waals surface area contributed by atoms with Gasteiger partial charge in [0.25, 0.3) is 5.91 Å². The summed E-state index contributed by atoms with van der Waals surface area (Å²) in [6.45, 7) is 2.24. The molecule has 1 aliphatic rings. The summed E-state index contributed by atoms with van der Waals surface area (Å²) in [5, 5.41) is 3.20. The molecular formula is C15H19BrINO. The van der Waals surface area contributed by atoms with Gasteiger partial charge in [0, 0.05) is 14.1 Å². The Hall–Kier alpha value is -0.100. The van der Waals surface area contributed by atoms with Crippen molar-refractivity contribution in [3.63, 3.8) is 0 Å². The minimum Gasteiger partial charge on any atom is -0.349 e. The molecule has 104 valence electrons. The summed E-state index contributed by atoms with van der Waals surface area (Å²) in [5.74, 6) is 0.825. The maximum atomic E-state index is 12.3. The highest BCUT2D eigenvalue weighted by Gasteiger charge is 2.23. The molecule has 1 aliphatic carbocycles. The van der Waals surface area contributed by atoms with E-state index in [9.17, 15) is 4.79 Å². The largest absolute Gasteiger partial charge is 0.349 e. The monoisotopic (exact) mass is 435 g/mol. The molecule has 0 spiro atoms. The number of amides is 1. The number of hydrogen-bond acceptors (Lipinski definition) is 1. The minimum absolute atomic E-state index is 0.0483. The van der Waals surface area contributed by atoms with E-state index in [0.717, 1.165) is 32.4 Å². The molecule has 1 fully saturated rings. The summed E-state index contributed by atoms with van der Waals surface area (Å²) in [5.41, 5.74) is 0.741. The fourth-order valence-corrected chi connectivity index (χ4v) is 3.65. The van der Waals surface area contributed by atoms with E-state index in [1.165, 1.54) is 19.3 Å². The zero-order valence-electron chi connectivity index (χ0n) is 11.1. The van der Waals surface area contributed by atoms with Crippen molar-refractivity contribution in [1.29, 1.82) is 0 Å². The Labute approximate surface area is 137 Å². The summed E-state index contributed by atoms with van der Waals surface area (Å²) >= 11 is 5.69. The maximum absolute atomic E-state index is 12.3. The van der Waals surface area contributed by atoms with E-state index in [0.29, 0.717) is 6.04 Å². The van der Waals surface area contributed by atoms with Crippen molar-refractivity contribution in [3.8, 4) is 0 Å². The lowest BCUT2D eigenvalue weighted by atomic mass is 9.84. The molecule has 0 aliphatic heterocycles. The van der Waals surface area contributed by atoms with Gasteiger partial charge in [-0.15, -0.1) is 0 Å². The quantitative estimate of drug-likeness (QED) is 0.681. The number of carbonyl (C=O) groups is 1. The van der Waals surface area contributed by atoms with Crippen molar-refractivity contribution in [2.24, 2.45) is 5.92 Å². The van der Waals surface area contributed by atoms with Gasteiger partial charge in [-0.05, 0) is 75.5 Å². The van der Waals surface area contributed by atoms with Crippen LogP contribution in [0.4, 0.5) is 0 Å². The van der Waals surface area contributed by atoms with Gasteiger partial charge < -0.3 is 5.32 Å². The molecule has 0 bridgehead atoms. The van der Waals surface area contributed by atoms with Crippen LogP contribution in [0.15, 0.2) is 22.7 Å². The zero-order valence-corrected chi connectivity index (χ0v) is 14.8. The molecule has 19 heavy (non-hydrogen) atoms. The topological polar surface area (TPSA) is 29.1 Å². The Bertz CT molecular complexity index is 463. The molecule has 2 nitrogen and oxygen atoms in total. The number of nitrogens with one attached hydrogen (secondary N) is 1. The van der Waals surface area contributed by atoms with Crippen LogP contribution in [0.3, 0.4) is 0 Å². The molecule has 1 saturated carbocycles. The van der Waals surface area contributed by atoms with Crippen LogP contribution in [0.2, 0.25) is 0 Å². The third kappa shape index (κ3) is 4.18. The molecule has 4 heteroatoms. The van der Waals surface area contributed by atoms with Gasteiger partial charge in [-0.25, -0.2) is 0 Å². The predicted molar refractivity (Wildman–Crippen MR) is 90.4 cm³/mol. The molecule has 1 amide bonds. The lowest BCUT2D eigenvalue weighted by Gasteiger charge is -2.29. The zero-order chi connectivity index (χ0) is 13.8. The normalized spacial score (nSPS) is 23.1. The molecule has 2 unspecified atom stereocenters. The van der Waals surface area contributed by atoms with Gasteiger partial charge in [-0.2, -0.15) is 0 Å². The molecule has 0 radical (unpaired) electrons. The van der Waals surface area contributed by atoms with E-state index in [4.69, 9.17) is 0 Å². The van der Waals surface area contributed by atoms with E-state index >= 15 is 0 Å². The van der Waals surface area contributed by atoms with Crippen LogP contribution in [-0.4, -0.2) is 11.9 Å². The molecule has 1 aromatic rings. The van der Waals surface area contributed by atoms with Crippen LogP contribution < -0.4 is 5.32 Å². The van der Waals surface area contributed by atoms with Crippen LogP contribution in [0.25, 0.3) is 0 Å². The SMILES string of the molecule is CCC1CCCC(NC(=O)c2cc(I)ccc2Br)C1. The number of hydrogen-bond donors (Lipinski definition) is 1. The summed E-state index contributed by atoms with van der Waals surface area (Å²) < 4.78 is 1.95. The first-order valence-corrected chi connectivity index (χ1v) is 8.73. The lowest BCUT2D eigenvalue weighted by Crippen LogP contribution is -2.38. The van der Waals surface area contributed by atoms with Gasteiger partial charge in [-0.1, -0.05) is 26.2 Å². The first-order chi connectivity index (χ1) is 9.10. The van der Waals surface area contributed by atoms with Gasteiger partial charge in [0.05, 0.1) is 5.56 Å². The van der Waals surface area contributed by atoms with E-state index in [1.807, 2.05) is 18.2 Å². The highest BCUT2D eigenvalue weighted by molar-refractivity contribution is 14.1. The molecule has 0 saturated heterocycles. The Morgan fingerprint density at radius 3 is 3.00 bits per heavy atom. The fourth-order valence-electron chi connectivity index (χ4n) is 2.73. The summed E-state index contributed by atoms with van der Waals surface area (Å²) in [7, 11) is 0. The molecule has 0 aromatic heterocycles. The van der Waals surface area contributed by atoms with Crippen molar-refractivity contribution < 1.29 is 4.79 Å². The molecule has 2 rings (SSSR count). The second-order valence-corrected chi connectivity index (χ2v) is 7.34. The maximum Gasteiger partial charge on any atom is 0.252 e. The summed E-state index contributed by atoms with van der Waals surface area (Å²) in [6, 6.07) is 6.21. The van der Waals surface area contributed by atoms with Crippen molar-refractivity contribution in [3.05, 3.63) is 31.8 Å². The Balaban J connectivity index is 2.02. The van der Waals surface area contributed by atoms with E-state index < -0.39 is 0 Å². The Kier molecular flexibility index (Phi) is 5.69. The fraction of sp³-hybridized carbons (Fsp3) is 0.533. The van der Waals surface area contributed by atoms with Crippen molar-refractivity contribution in [1.82, 2.24) is 5.32 Å². The van der Waals surface area contributed by atoms with Gasteiger partial charge >= 0.3 is 0 Å². The minimum atomic E-state index is 0.0483. The standard InChI is InChI=1S/C15H19BrINO/c1-2-10-4-3-5-12(8-10)18-15(19)13-9-11(17)6-7-14(13)16/h6-7,9-10,12H,2-5,8H2,1H3,(H,18,19). The van der Waals surface area contributed by atoms with E-state index in [-0.39, 0.29) is 5.91 Å².